The SMILES string of the molecule is COC(=O)c1ccc(NC(=O)c2c[nH]c3c(c(C)nn3-c3ccccc3)c2=O)cc1. The average molecular weight is 402 g/mol. The molecule has 4 aromatic rings. The summed E-state index contributed by atoms with van der Waals surface area (Å²) in [5.41, 5.74) is 2.20. The first kappa shape index (κ1) is 19.1. The third kappa shape index (κ3) is 3.35. The number of pyridine rings is 1. The second-order valence-corrected chi connectivity index (χ2v) is 6.61. The number of ether oxygens (including phenoxy) is 1. The largest absolute Gasteiger partial charge is 0.465 e. The van der Waals surface area contributed by atoms with Gasteiger partial charge in [0, 0.05) is 11.9 Å². The lowest BCUT2D eigenvalue weighted by Gasteiger charge is -2.07. The van der Waals surface area contributed by atoms with Crippen molar-refractivity contribution in [1.29, 1.82) is 0 Å². The number of anilines is 1. The van der Waals surface area contributed by atoms with Gasteiger partial charge >= 0.3 is 5.97 Å². The van der Waals surface area contributed by atoms with E-state index < -0.39 is 17.3 Å². The Kier molecular flexibility index (Phi) is 4.89. The van der Waals surface area contributed by atoms with Gasteiger partial charge in [-0.3, -0.25) is 9.59 Å². The van der Waals surface area contributed by atoms with E-state index in [2.05, 4.69) is 20.1 Å². The first-order valence-corrected chi connectivity index (χ1v) is 9.15. The topological polar surface area (TPSA) is 106 Å². The predicted molar refractivity (Wildman–Crippen MR) is 112 cm³/mol. The number of nitrogens with one attached hydrogen (secondary N) is 2. The summed E-state index contributed by atoms with van der Waals surface area (Å²) in [6.45, 7) is 1.73. The molecule has 0 saturated heterocycles. The monoisotopic (exact) mass is 402 g/mol. The van der Waals surface area contributed by atoms with Gasteiger partial charge in [0.2, 0.25) is 5.43 Å². The minimum Gasteiger partial charge on any atom is -0.465 e. The Hall–Kier alpha value is -4.20. The molecule has 0 bridgehead atoms. The highest BCUT2D eigenvalue weighted by molar-refractivity contribution is 6.06. The molecule has 2 aromatic carbocycles. The van der Waals surface area contributed by atoms with E-state index in [4.69, 9.17) is 0 Å². The van der Waals surface area contributed by atoms with Crippen LogP contribution in [0, 0.1) is 6.92 Å². The zero-order valence-electron chi connectivity index (χ0n) is 16.3. The molecule has 30 heavy (non-hydrogen) atoms. The van der Waals surface area contributed by atoms with Gasteiger partial charge in [0.05, 0.1) is 29.4 Å². The van der Waals surface area contributed by atoms with Crippen molar-refractivity contribution in [3.63, 3.8) is 0 Å². The van der Waals surface area contributed by atoms with Gasteiger partial charge in [-0.1, -0.05) is 18.2 Å². The summed E-state index contributed by atoms with van der Waals surface area (Å²) in [5.74, 6) is -1.03. The van der Waals surface area contributed by atoms with Crippen LogP contribution in [-0.4, -0.2) is 33.8 Å². The van der Waals surface area contributed by atoms with Crippen LogP contribution in [0.4, 0.5) is 5.69 Å². The van der Waals surface area contributed by atoms with Gasteiger partial charge in [0.25, 0.3) is 5.91 Å². The van der Waals surface area contributed by atoms with Crippen molar-refractivity contribution in [3.05, 3.63) is 87.8 Å². The number of carbonyl (C=O) groups is 2. The van der Waals surface area contributed by atoms with Gasteiger partial charge in [-0.25, -0.2) is 9.48 Å². The van der Waals surface area contributed by atoms with Crippen molar-refractivity contribution >= 4 is 28.6 Å². The molecular weight excluding hydrogens is 384 g/mol. The van der Waals surface area contributed by atoms with Crippen LogP contribution < -0.4 is 10.7 Å². The summed E-state index contributed by atoms with van der Waals surface area (Å²) in [6, 6.07) is 15.6. The number of methoxy groups -OCH3 is 1. The lowest BCUT2D eigenvalue weighted by molar-refractivity contribution is 0.0600. The Balaban J connectivity index is 1.67. The maximum atomic E-state index is 13.0. The number of aromatic nitrogens is 3. The van der Waals surface area contributed by atoms with Crippen LogP contribution in [0.3, 0.4) is 0 Å². The number of H-pyrrole nitrogens is 1. The van der Waals surface area contributed by atoms with Gasteiger partial charge in [0.1, 0.15) is 11.2 Å². The number of nitrogens with zero attached hydrogens (tertiary/aromatic N) is 2. The lowest BCUT2D eigenvalue weighted by atomic mass is 10.1. The number of rotatable bonds is 4. The molecule has 0 aliphatic rings. The van der Waals surface area contributed by atoms with Crippen LogP contribution in [0.2, 0.25) is 0 Å². The zero-order valence-corrected chi connectivity index (χ0v) is 16.3. The number of hydrogen-bond donors (Lipinski definition) is 2. The Morgan fingerprint density at radius 2 is 1.77 bits per heavy atom. The van der Waals surface area contributed by atoms with E-state index >= 15 is 0 Å². The van der Waals surface area contributed by atoms with E-state index in [1.54, 1.807) is 23.7 Å². The molecule has 1 amide bonds. The van der Waals surface area contributed by atoms with Gasteiger partial charge in [-0.05, 0) is 43.3 Å². The number of para-hydroxylation sites is 1. The number of hydrogen-bond acceptors (Lipinski definition) is 5. The smallest absolute Gasteiger partial charge is 0.337 e. The molecule has 2 aromatic heterocycles. The molecule has 2 N–H and O–H groups in total. The van der Waals surface area contributed by atoms with Crippen molar-refractivity contribution in [2.45, 2.75) is 6.92 Å². The van der Waals surface area contributed by atoms with Gasteiger partial charge < -0.3 is 15.0 Å². The highest BCUT2D eigenvalue weighted by Gasteiger charge is 2.19. The van der Waals surface area contributed by atoms with Crippen LogP contribution in [0.25, 0.3) is 16.7 Å². The fourth-order valence-corrected chi connectivity index (χ4v) is 3.20. The van der Waals surface area contributed by atoms with Crippen LogP contribution in [-0.2, 0) is 4.74 Å². The molecule has 0 saturated carbocycles. The molecule has 8 nitrogen and oxygen atoms in total. The number of fused-ring (bicyclic) bond motifs is 1. The highest BCUT2D eigenvalue weighted by Crippen LogP contribution is 2.18. The summed E-state index contributed by atoms with van der Waals surface area (Å²) >= 11 is 0. The summed E-state index contributed by atoms with van der Waals surface area (Å²) in [6.07, 6.45) is 1.38. The lowest BCUT2D eigenvalue weighted by Crippen LogP contribution is -2.22. The van der Waals surface area contributed by atoms with E-state index in [0.717, 1.165) is 5.69 Å². The first-order valence-electron chi connectivity index (χ1n) is 9.15. The number of aromatic amines is 1. The van der Waals surface area contributed by atoms with Crippen LogP contribution in [0.5, 0.6) is 0 Å². The third-order valence-electron chi connectivity index (χ3n) is 4.69. The number of amides is 1. The van der Waals surface area contributed by atoms with E-state index in [1.165, 1.54) is 25.4 Å². The van der Waals surface area contributed by atoms with E-state index in [9.17, 15) is 14.4 Å². The molecule has 0 radical (unpaired) electrons. The second kappa shape index (κ2) is 7.67. The summed E-state index contributed by atoms with van der Waals surface area (Å²) in [4.78, 5) is 40.2. The maximum Gasteiger partial charge on any atom is 0.337 e. The minimum atomic E-state index is -0.559. The van der Waals surface area contributed by atoms with Crippen molar-refractivity contribution in [2.75, 3.05) is 12.4 Å². The second-order valence-electron chi connectivity index (χ2n) is 6.61. The number of aryl methyl sites for hydroxylation is 1. The molecule has 0 fully saturated rings. The third-order valence-corrected chi connectivity index (χ3v) is 4.69. The fourth-order valence-electron chi connectivity index (χ4n) is 3.20. The van der Waals surface area contributed by atoms with E-state index in [-0.39, 0.29) is 5.56 Å². The number of benzene rings is 2. The Morgan fingerprint density at radius 3 is 2.43 bits per heavy atom. The van der Waals surface area contributed by atoms with Crippen molar-refractivity contribution < 1.29 is 14.3 Å². The summed E-state index contributed by atoms with van der Waals surface area (Å²) in [7, 11) is 1.29. The summed E-state index contributed by atoms with van der Waals surface area (Å²) < 4.78 is 6.29. The Bertz CT molecular complexity index is 1300. The predicted octanol–water partition coefficient (Wildman–Crippen LogP) is 3.06. The molecule has 0 aliphatic heterocycles. The molecule has 0 atom stereocenters. The number of esters is 1. The minimum absolute atomic E-state index is 0.0322. The molecule has 0 unspecified atom stereocenters. The van der Waals surface area contributed by atoms with E-state index in [1.807, 2.05) is 30.3 Å². The Labute approximate surface area is 171 Å². The van der Waals surface area contributed by atoms with Gasteiger partial charge in [-0.15, -0.1) is 0 Å². The highest BCUT2D eigenvalue weighted by atomic mass is 16.5. The zero-order chi connectivity index (χ0) is 21.3. The molecule has 2 heterocycles. The average Bonchev–Trinajstić information content (AvgIpc) is 3.11. The number of carbonyl (C=O) groups excluding carboxylic acids is 2. The molecule has 0 aliphatic carbocycles. The van der Waals surface area contributed by atoms with E-state index in [0.29, 0.717) is 28.0 Å². The van der Waals surface area contributed by atoms with Crippen molar-refractivity contribution in [3.8, 4) is 5.69 Å². The molecule has 0 spiro atoms. The molecule has 150 valence electrons. The summed E-state index contributed by atoms with van der Waals surface area (Å²) in [5, 5.41) is 7.47. The van der Waals surface area contributed by atoms with Crippen LogP contribution in [0.15, 0.2) is 65.6 Å². The van der Waals surface area contributed by atoms with Gasteiger partial charge in [0.15, 0.2) is 0 Å². The Morgan fingerprint density at radius 1 is 1.07 bits per heavy atom. The van der Waals surface area contributed by atoms with Crippen molar-refractivity contribution in [1.82, 2.24) is 14.8 Å². The maximum absolute atomic E-state index is 13.0. The van der Waals surface area contributed by atoms with Crippen LogP contribution in [0.1, 0.15) is 26.4 Å². The quantitative estimate of drug-likeness (QED) is 0.510. The standard InChI is InChI=1S/C22H18N4O4/c1-13-18-19(27)17(12-23-20(18)26(25-13)16-6-4-3-5-7-16)21(28)24-15-10-8-14(9-11-15)22(29)30-2/h3-12H,1-2H3,(H,23,27)(H,24,28). The fraction of sp³-hybridized carbons (Fsp3) is 0.0909. The molecule has 8 heteroatoms. The molecular formula is C22H18N4O4. The normalized spacial score (nSPS) is 10.7. The molecule has 4 rings (SSSR count). The van der Waals surface area contributed by atoms with Gasteiger partial charge in [-0.2, -0.15) is 5.10 Å². The first-order chi connectivity index (χ1) is 14.5. The van der Waals surface area contributed by atoms with Crippen LogP contribution >= 0.6 is 0 Å². The van der Waals surface area contributed by atoms with Crippen molar-refractivity contribution in [2.24, 2.45) is 0 Å².